The topological polar surface area (TPSA) is 59.2 Å². The van der Waals surface area contributed by atoms with Gasteiger partial charge in [0.15, 0.2) is 5.75 Å². The van der Waals surface area contributed by atoms with Crippen LogP contribution in [0.1, 0.15) is 19.8 Å². The van der Waals surface area contributed by atoms with Gasteiger partial charge in [-0.25, -0.2) is 0 Å². The molecule has 13 heavy (non-hydrogen) atoms. The Labute approximate surface area is 75.5 Å². The van der Waals surface area contributed by atoms with E-state index in [1.165, 1.54) is 12.3 Å². The van der Waals surface area contributed by atoms with Crippen LogP contribution >= 0.6 is 0 Å². The minimum absolute atomic E-state index is 0.0564. The van der Waals surface area contributed by atoms with Crippen LogP contribution in [0.3, 0.4) is 0 Å². The fourth-order valence-electron chi connectivity index (χ4n) is 0.864. The SMILES string of the molecule is CCCC(=O)Oc1ccc[nH]c1=O. The number of ether oxygens (including phenoxy) is 1. The summed E-state index contributed by atoms with van der Waals surface area (Å²) in [5.41, 5.74) is -0.382. The van der Waals surface area contributed by atoms with Gasteiger partial charge in [0.05, 0.1) is 0 Å². The van der Waals surface area contributed by atoms with Crippen molar-refractivity contribution in [3.63, 3.8) is 0 Å². The number of esters is 1. The molecule has 1 aromatic heterocycles. The Morgan fingerprint density at radius 3 is 3.00 bits per heavy atom. The molecule has 1 N–H and O–H groups in total. The molecule has 0 radical (unpaired) electrons. The average molecular weight is 181 g/mol. The van der Waals surface area contributed by atoms with Gasteiger partial charge in [0.1, 0.15) is 0 Å². The zero-order valence-electron chi connectivity index (χ0n) is 7.37. The van der Waals surface area contributed by atoms with Gasteiger partial charge in [-0.05, 0) is 18.6 Å². The maximum Gasteiger partial charge on any atom is 0.311 e. The van der Waals surface area contributed by atoms with Crippen LogP contribution in [0.15, 0.2) is 23.1 Å². The average Bonchev–Trinajstić information content (AvgIpc) is 2.09. The van der Waals surface area contributed by atoms with E-state index in [9.17, 15) is 9.59 Å². The number of pyridine rings is 1. The Hall–Kier alpha value is -1.58. The second-order valence-electron chi connectivity index (χ2n) is 2.59. The number of aromatic amines is 1. The number of aromatic nitrogens is 1. The lowest BCUT2D eigenvalue weighted by Crippen LogP contribution is -2.15. The monoisotopic (exact) mass is 181 g/mol. The molecular formula is C9H11NO3. The first kappa shape index (κ1) is 9.51. The van der Waals surface area contributed by atoms with E-state index < -0.39 is 0 Å². The van der Waals surface area contributed by atoms with E-state index in [1.54, 1.807) is 6.07 Å². The summed E-state index contributed by atoms with van der Waals surface area (Å²) in [5, 5.41) is 0. The van der Waals surface area contributed by atoms with E-state index in [2.05, 4.69) is 4.98 Å². The molecule has 0 bridgehead atoms. The third kappa shape index (κ3) is 2.74. The van der Waals surface area contributed by atoms with E-state index in [-0.39, 0.29) is 17.3 Å². The molecule has 1 rings (SSSR count). The van der Waals surface area contributed by atoms with Crippen molar-refractivity contribution >= 4 is 5.97 Å². The molecule has 0 amide bonds. The van der Waals surface area contributed by atoms with Gasteiger partial charge in [0.25, 0.3) is 5.56 Å². The molecule has 0 atom stereocenters. The van der Waals surface area contributed by atoms with Crippen molar-refractivity contribution in [2.45, 2.75) is 19.8 Å². The molecule has 70 valence electrons. The van der Waals surface area contributed by atoms with E-state index in [1.807, 2.05) is 6.92 Å². The van der Waals surface area contributed by atoms with Crippen LogP contribution in [0.2, 0.25) is 0 Å². The van der Waals surface area contributed by atoms with Crippen molar-refractivity contribution < 1.29 is 9.53 Å². The molecule has 0 aliphatic heterocycles. The van der Waals surface area contributed by atoms with Crippen molar-refractivity contribution in [3.8, 4) is 5.75 Å². The molecule has 0 aliphatic carbocycles. The maximum absolute atomic E-state index is 11.0. The fourth-order valence-corrected chi connectivity index (χ4v) is 0.864. The minimum atomic E-state index is -0.382. The van der Waals surface area contributed by atoms with Crippen LogP contribution in [-0.2, 0) is 4.79 Å². The van der Waals surface area contributed by atoms with Crippen LogP contribution in [0.4, 0.5) is 0 Å². The number of rotatable bonds is 3. The first-order valence-corrected chi connectivity index (χ1v) is 4.12. The number of H-pyrrole nitrogens is 1. The molecule has 0 aliphatic rings. The van der Waals surface area contributed by atoms with Crippen molar-refractivity contribution in [2.24, 2.45) is 0 Å². The largest absolute Gasteiger partial charge is 0.421 e. The van der Waals surface area contributed by atoms with E-state index in [0.717, 1.165) is 0 Å². The summed E-state index contributed by atoms with van der Waals surface area (Å²) in [7, 11) is 0. The molecule has 0 aromatic carbocycles. The summed E-state index contributed by atoms with van der Waals surface area (Å²) in [6.45, 7) is 1.87. The quantitative estimate of drug-likeness (QED) is 0.710. The van der Waals surface area contributed by atoms with Gasteiger partial charge in [-0.2, -0.15) is 0 Å². The van der Waals surface area contributed by atoms with Gasteiger partial charge in [0, 0.05) is 12.6 Å². The molecule has 0 spiro atoms. The van der Waals surface area contributed by atoms with Crippen LogP contribution in [-0.4, -0.2) is 11.0 Å². The van der Waals surface area contributed by atoms with Crippen molar-refractivity contribution in [1.82, 2.24) is 4.98 Å². The van der Waals surface area contributed by atoms with Gasteiger partial charge in [-0.1, -0.05) is 6.92 Å². The highest BCUT2D eigenvalue weighted by Crippen LogP contribution is 2.02. The molecule has 1 aromatic rings. The molecule has 1 heterocycles. The van der Waals surface area contributed by atoms with Crippen LogP contribution in [0.5, 0.6) is 5.75 Å². The number of hydrogen-bond donors (Lipinski definition) is 1. The molecular weight excluding hydrogens is 170 g/mol. The fraction of sp³-hybridized carbons (Fsp3) is 0.333. The Kier molecular flexibility index (Phi) is 3.25. The van der Waals surface area contributed by atoms with Crippen molar-refractivity contribution in [3.05, 3.63) is 28.7 Å². The van der Waals surface area contributed by atoms with E-state index in [4.69, 9.17) is 4.74 Å². The Bertz CT molecular complexity index is 343. The molecule has 0 saturated heterocycles. The Morgan fingerprint density at radius 1 is 1.62 bits per heavy atom. The number of nitrogens with one attached hydrogen (secondary N) is 1. The summed E-state index contributed by atoms with van der Waals surface area (Å²) in [6, 6.07) is 3.07. The third-order valence-electron chi connectivity index (χ3n) is 1.46. The van der Waals surface area contributed by atoms with Gasteiger partial charge < -0.3 is 9.72 Å². The molecule has 4 heteroatoms. The predicted octanol–water partition coefficient (Wildman–Crippen LogP) is 1.08. The first-order chi connectivity index (χ1) is 6.24. The number of hydrogen-bond acceptors (Lipinski definition) is 3. The maximum atomic E-state index is 11.0. The number of carbonyl (C=O) groups excluding carboxylic acids is 1. The Morgan fingerprint density at radius 2 is 2.38 bits per heavy atom. The van der Waals surface area contributed by atoms with Crippen molar-refractivity contribution in [1.29, 1.82) is 0 Å². The number of carbonyl (C=O) groups is 1. The molecule has 0 saturated carbocycles. The van der Waals surface area contributed by atoms with E-state index >= 15 is 0 Å². The smallest absolute Gasteiger partial charge is 0.311 e. The highest BCUT2D eigenvalue weighted by atomic mass is 16.5. The third-order valence-corrected chi connectivity index (χ3v) is 1.46. The summed E-state index contributed by atoms with van der Waals surface area (Å²) in [6.07, 6.45) is 2.53. The summed E-state index contributed by atoms with van der Waals surface area (Å²) >= 11 is 0. The highest BCUT2D eigenvalue weighted by molar-refractivity contribution is 5.72. The van der Waals surface area contributed by atoms with Gasteiger partial charge in [0.2, 0.25) is 0 Å². The summed E-state index contributed by atoms with van der Waals surface area (Å²) < 4.78 is 4.80. The second kappa shape index (κ2) is 4.45. The normalized spacial score (nSPS) is 9.62. The minimum Gasteiger partial charge on any atom is -0.421 e. The lowest BCUT2D eigenvalue weighted by atomic mass is 10.3. The molecule has 0 unspecified atom stereocenters. The lowest BCUT2D eigenvalue weighted by Gasteiger charge is -2.00. The molecule has 4 nitrogen and oxygen atoms in total. The lowest BCUT2D eigenvalue weighted by molar-refractivity contribution is -0.134. The van der Waals surface area contributed by atoms with Crippen LogP contribution in [0.25, 0.3) is 0 Å². The van der Waals surface area contributed by atoms with Crippen LogP contribution in [0, 0.1) is 0 Å². The van der Waals surface area contributed by atoms with Crippen LogP contribution < -0.4 is 10.3 Å². The summed E-state index contributed by atoms with van der Waals surface area (Å²) in [5.74, 6) is -0.319. The van der Waals surface area contributed by atoms with Gasteiger partial charge in [-0.15, -0.1) is 0 Å². The van der Waals surface area contributed by atoms with Gasteiger partial charge in [-0.3, -0.25) is 9.59 Å². The zero-order chi connectivity index (χ0) is 9.68. The standard InChI is InChI=1S/C9H11NO3/c1-2-4-8(11)13-7-5-3-6-10-9(7)12/h3,5-6H,2,4H2,1H3,(H,10,12). The Balaban J connectivity index is 2.69. The highest BCUT2D eigenvalue weighted by Gasteiger charge is 2.05. The predicted molar refractivity (Wildman–Crippen MR) is 47.6 cm³/mol. The van der Waals surface area contributed by atoms with E-state index in [0.29, 0.717) is 12.8 Å². The van der Waals surface area contributed by atoms with Crippen molar-refractivity contribution in [2.75, 3.05) is 0 Å². The zero-order valence-corrected chi connectivity index (χ0v) is 7.37. The van der Waals surface area contributed by atoms with Gasteiger partial charge >= 0.3 is 5.97 Å². The molecule has 0 fully saturated rings. The second-order valence-corrected chi connectivity index (χ2v) is 2.59. The summed E-state index contributed by atoms with van der Waals surface area (Å²) in [4.78, 5) is 24.4. The first-order valence-electron chi connectivity index (χ1n) is 4.12.